The molecule has 0 N–H and O–H groups in total. The third kappa shape index (κ3) is 7.04. The molecule has 4 rings (SSSR count). The van der Waals surface area contributed by atoms with E-state index in [1.807, 2.05) is 0 Å². The number of ether oxygens (including phenoxy) is 3. The van der Waals surface area contributed by atoms with Gasteiger partial charge in [0.05, 0.1) is 13.5 Å². The van der Waals surface area contributed by atoms with Crippen molar-refractivity contribution < 1.29 is 50.1 Å². The molecule has 0 amide bonds. The maximum Gasteiger partial charge on any atom is 0.411 e. The summed E-state index contributed by atoms with van der Waals surface area (Å²) in [5.74, 6) is 0.153. The maximum atomic E-state index is 14.3. The quantitative estimate of drug-likeness (QED) is 0.102. The Bertz CT molecular complexity index is 1560. The second-order valence-corrected chi connectivity index (χ2v) is 9.92. The van der Waals surface area contributed by atoms with Crippen molar-refractivity contribution in [1.82, 2.24) is 0 Å². The molecule has 0 aliphatic carbocycles. The van der Waals surface area contributed by atoms with Gasteiger partial charge in [0.25, 0.3) is 0 Å². The first-order valence-electron chi connectivity index (χ1n) is 13.2. The summed E-state index contributed by atoms with van der Waals surface area (Å²) < 4.78 is 102. The SMILES string of the molecule is COc1ccc(C(c2ccc(OC(=O)Cc3ccc(Oc4ccc(CC(C)=O)cc4)cc3)cc2)(C(F)(F)F)C(F)(F)F)cc1. The molecule has 0 unspecified atom stereocenters. The van der Waals surface area contributed by atoms with Crippen LogP contribution >= 0.6 is 0 Å². The van der Waals surface area contributed by atoms with Crippen molar-refractivity contribution in [1.29, 1.82) is 0 Å². The van der Waals surface area contributed by atoms with Crippen molar-refractivity contribution in [3.05, 3.63) is 119 Å². The molecule has 11 heteroatoms. The van der Waals surface area contributed by atoms with Crippen LogP contribution in [0.1, 0.15) is 29.2 Å². The van der Waals surface area contributed by atoms with Gasteiger partial charge in [-0.05, 0) is 77.7 Å². The fraction of sp³-hybridized carbons (Fsp3) is 0.212. The van der Waals surface area contributed by atoms with Crippen LogP contribution in [0.15, 0.2) is 97.1 Å². The molecule has 0 saturated carbocycles. The van der Waals surface area contributed by atoms with E-state index in [0.29, 0.717) is 35.6 Å². The lowest BCUT2D eigenvalue weighted by Gasteiger charge is -2.38. The molecule has 0 aliphatic rings. The minimum atomic E-state index is -5.76. The number of methoxy groups -OCH3 is 1. The molecule has 44 heavy (non-hydrogen) atoms. The Hall–Kier alpha value is -4.80. The minimum absolute atomic E-state index is 0.0412. The molecule has 0 aliphatic heterocycles. The zero-order valence-electron chi connectivity index (χ0n) is 23.5. The molecule has 0 spiro atoms. The van der Waals surface area contributed by atoms with E-state index in [-0.39, 0.29) is 23.7 Å². The number of carbonyl (C=O) groups excluding carboxylic acids is 2. The second-order valence-electron chi connectivity index (χ2n) is 9.92. The van der Waals surface area contributed by atoms with Crippen molar-refractivity contribution in [3.8, 4) is 23.0 Å². The molecule has 5 nitrogen and oxygen atoms in total. The molecule has 0 radical (unpaired) electrons. The Balaban J connectivity index is 1.46. The fourth-order valence-electron chi connectivity index (χ4n) is 4.70. The topological polar surface area (TPSA) is 61.8 Å². The summed E-state index contributed by atoms with van der Waals surface area (Å²) in [4.78, 5) is 23.7. The van der Waals surface area contributed by atoms with Crippen molar-refractivity contribution in [2.75, 3.05) is 7.11 Å². The van der Waals surface area contributed by atoms with Crippen molar-refractivity contribution >= 4 is 11.8 Å². The number of esters is 1. The fourth-order valence-corrected chi connectivity index (χ4v) is 4.70. The van der Waals surface area contributed by atoms with Crippen LogP contribution in [-0.4, -0.2) is 31.2 Å². The molecule has 0 atom stereocenters. The van der Waals surface area contributed by atoms with Gasteiger partial charge in [0.2, 0.25) is 5.41 Å². The second kappa shape index (κ2) is 12.8. The van der Waals surface area contributed by atoms with Crippen molar-refractivity contribution in [3.63, 3.8) is 0 Å². The number of carbonyl (C=O) groups is 2. The van der Waals surface area contributed by atoms with Crippen molar-refractivity contribution in [2.45, 2.75) is 37.5 Å². The van der Waals surface area contributed by atoms with Crippen molar-refractivity contribution in [2.24, 2.45) is 0 Å². The van der Waals surface area contributed by atoms with E-state index >= 15 is 0 Å². The number of rotatable bonds is 10. The highest BCUT2D eigenvalue weighted by Crippen LogP contribution is 2.56. The molecule has 4 aromatic carbocycles. The van der Waals surface area contributed by atoms with E-state index in [0.717, 1.165) is 42.0 Å². The minimum Gasteiger partial charge on any atom is -0.497 e. The molecule has 0 heterocycles. The number of alkyl halides is 6. The van der Waals surface area contributed by atoms with E-state index in [9.17, 15) is 35.9 Å². The van der Waals surface area contributed by atoms with Gasteiger partial charge in [-0.25, -0.2) is 0 Å². The molecule has 0 bridgehead atoms. The van der Waals surface area contributed by atoms with Gasteiger partial charge >= 0.3 is 18.3 Å². The van der Waals surface area contributed by atoms with Crippen LogP contribution in [0.4, 0.5) is 26.3 Å². The average molecular weight is 617 g/mol. The summed E-state index contributed by atoms with van der Waals surface area (Å²) in [5, 5.41) is 0. The highest BCUT2D eigenvalue weighted by Gasteiger charge is 2.72. The standard InChI is InChI=1S/C33H26F6O5/c1-21(40)19-22-3-11-27(12-4-22)43-28-13-5-23(6-14-28)20-30(41)44-29-17-9-25(10-18-29)31(32(34,35)36,33(37,38)39)24-7-15-26(42-2)16-8-24/h3-18H,19-20H2,1-2H3. The Morgan fingerprint density at radius 3 is 1.34 bits per heavy atom. The van der Waals surface area contributed by atoms with Gasteiger partial charge in [-0.3, -0.25) is 9.59 Å². The third-order valence-electron chi connectivity index (χ3n) is 6.78. The molecule has 0 aromatic heterocycles. The average Bonchev–Trinajstić information content (AvgIpc) is 2.95. The molecular weight excluding hydrogens is 590 g/mol. The summed E-state index contributed by atoms with van der Waals surface area (Å²) >= 11 is 0. The van der Waals surface area contributed by atoms with Crippen LogP contribution in [0.5, 0.6) is 23.0 Å². The zero-order valence-corrected chi connectivity index (χ0v) is 23.5. The number of hydrogen-bond acceptors (Lipinski definition) is 5. The Morgan fingerprint density at radius 2 is 0.955 bits per heavy atom. The molecule has 4 aromatic rings. The van der Waals surface area contributed by atoms with E-state index in [1.54, 1.807) is 48.5 Å². The first-order chi connectivity index (χ1) is 20.7. The van der Waals surface area contributed by atoms with E-state index in [2.05, 4.69) is 0 Å². The Kier molecular flexibility index (Phi) is 9.36. The maximum absolute atomic E-state index is 14.3. The van der Waals surface area contributed by atoms with Crippen LogP contribution in [0.3, 0.4) is 0 Å². The van der Waals surface area contributed by atoms with Gasteiger partial charge in [0, 0.05) is 6.42 Å². The smallest absolute Gasteiger partial charge is 0.411 e. The summed E-state index contributed by atoms with van der Waals surface area (Å²) in [6.45, 7) is 1.50. The van der Waals surface area contributed by atoms with Gasteiger partial charge in [-0.2, -0.15) is 26.3 Å². The van der Waals surface area contributed by atoms with Gasteiger partial charge in [-0.1, -0.05) is 48.5 Å². The van der Waals surface area contributed by atoms with Gasteiger partial charge < -0.3 is 14.2 Å². The molecular formula is C33H26F6O5. The Labute approximate surface area is 249 Å². The summed E-state index contributed by atoms with van der Waals surface area (Å²) in [6.07, 6.45) is -11.4. The predicted molar refractivity (Wildman–Crippen MR) is 149 cm³/mol. The summed E-state index contributed by atoms with van der Waals surface area (Å²) in [6, 6.07) is 20.0. The van der Waals surface area contributed by atoms with Crippen LogP contribution in [0, 0.1) is 0 Å². The van der Waals surface area contributed by atoms with Crippen LogP contribution < -0.4 is 14.2 Å². The highest BCUT2D eigenvalue weighted by molar-refractivity contribution is 5.78. The number of Topliss-reactive ketones (excluding diaryl/α,β-unsaturated/α-hetero) is 1. The first-order valence-corrected chi connectivity index (χ1v) is 13.2. The summed E-state index contributed by atoms with van der Waals surface area (Å²) in [5.41, 5.74) is -5.09. The first kappa shape index (κ1) is 32.1. The summed E-state index contributed by atoms with van der Waals surface area (Å²) in [7, 11) is 1.24. The largest absolute Gasteiger partial charge is 0.497 e. The number of benzene rings is 4. The number of halogens is 6. The molecule has 0 fully saturated rings. The predicted octanol–water partition coefficient (Wildman–Crippen LogP) is 8.18. The lowest BCUT2D eigenvalue weighted by molar-refractivity contribution is -0.288. The lowest BCUT2D eigenvalue weighted by atomic mass is 9.73. The van der Waals surface area contributed by atoms with Gasteiger partial charge in [0.1, 0.15) is 28.8 Å². The van der Waals surface area contributed by atoms with Gasteiger partial charge in [-0.15, -0.1) is 0 Å². The molecule has 0 saturated heterocycles. The lowest BCUT2D eigenvalue weighted by Crippen LogP contribution is -2.54. The van der Waals surface area contributed by atoms with E-state index in [1.165, 1.54) is 14.0 Å². The number of hydrogen-bond donors (Lipinski definition) is 0. The monoisotopic (exact) mass is 616 g/mol. The van der Waals surface area contributed by atoms with E-state index < -0.39 is 34.9 Å². The van der Waals surface area contributed by atoms with Gasteiger partial charge in [0.15, 0.2) is 0 Å². The van der Waals surface area contributed by atoms with Crippen LogP contribution in [0.2, 0.25) is 0 Å². The normalized spacial score (nSPS) is 12.0. The Morgan fingerprint density at radius 1 is 0.568 bits per heavy atom. The third-order valence-corrected chi connectivity index (χ3v) is 6.78. The zero-order chi connectivity index (χ0) is 32.1. The molecule has 230 valence electrons. The van der Waals surface area contributed by atoms with Crippen LogP contribution in [0.25, 0.3) is 0 Å². The number of ketones is 1. The van der Waals surface area contributed by atoms with E-state index in [4.69, 9.17) is 14.2 Å². The highest BCUT2D eigenvalue weighted by atomic mass is 19.4. The van der Waals surface area contributed by atoms with Crippen LogP contribution in [-0.2, 0) is 27.8 Å².